The van der Waals surface area contributed by atoms with Crippen LogP contribution in [0.2, 0.25) is 0 Å². The van der Waals surface area contributed by atoms with Crippen molar-refractivity contribution in [2.24, 2.45) is 0 Å². The van der Waals surface area contributed by atoms with Crippen LogP contribution in [0.5, 0.6) is 11.5 Å². The van der Waals surface area contributed by atoms with E-state index < -0.39 is 11.9 Å². The average molecular weight is 581 g/mol. The third-order valence-electron chi connectivity index (χ3n) is 6.22. The highest BCUT2D eigenvalue weighted by Gasteiger charge is 2.17. The molecule has 0 aliphatic rings. The molecule has 1 aromatic heterocycles. The molecule has 8 heteroatoms. The Morgan fingerprint density at radius 2 is 1.45 bits per heavy atom. The fourth-order valence-electron chi connectivity index (χ4n) is 4.18. The SMILES string of the molecule is CC#CC(=O)Nc1ccc2ncnc(Nc3ccc(Oc4ccccccccc4)c(C(=O)OCc4ccccc4)c3)c2c1. The number of amides is 1. The van der Waals surface area contributed by atoms with Crippen LogP contribution in [0.3, 0.4) is 0 Å². The maximum Gasteiger partial charge on any atom is 0.342 e. The Morgan fingerprint density at radius 3 is 2.20 bits per heavy atom. The topological polar surface area (TPSA) is 102 Å². The monoisotopic (exact) mass is 580 g/mol. The highest BCUT2D eigenvalue weighted by Crippen LogP contribution is 2.31. The van der Waals surface area contributed by atoms with Gasteiger partial charge in [-0.05, 0) is 66.9 Å². The number of nitrogens with one attached hydrogen (secondary N) is 2. The third kappa shape index (κ3) is 7.96. The number of esters is 1. The molecule has 4 aromatic carbocycles. The maximum atomic E-state index is 13.4. The van der Waals surface area contributed by atoms with Crippen LogP contribution in [0.25, 0.3) is 10.9 Å². The molecule has 5 aromatic rings. The van der Waals surface area contributed by atoms with Gasteiger partial charge in [0.05, 0.1) is 5.52 Å². The average Bonchev–Trinajstić information content (AvgIpc) is 3.04. The number of aromatic nitrogens is 2. The molecular weight excluding hydrogens is 552 g/mol. The number of benzene rings is 3. The molecule has 0 atom stereocenters. The summed E-state index contributed by atoms with van der Waals surface area (Å²) in [5.41, 5.74) is 2.86. The number of rotatable bonds is 8. The van der Waals surface area contributed by atoms with Crippen LogP contribution in [0.4, 0.5) is 17.2 Å². The van der Waals surface area contributed by atoms with Crippen molar-refractivity contribution < 1.29 is 19.1 Å². The van der Waals surface area contributed by atoms with Gasteiger partial charge in [0.15, 0.2) is 0 Å². The second-order valence-corrected chi connectivity index (χ2v) is 9.37. The summed E-state index contributed by atoms with van der Waals surface area (Å²) in [7, 11) is 0. The van der Waals surface area contributed by atoms with Crippen LogP contribution < -0.4 is 15.4 Å². The largest absolute Gasteiger partial charge is 0.457 e. The molecule has 216 valence electrons. The lowest BCUT2D eigenvalue weighted by Crippen LogP contribution is -2.09. The molecule has 0 saturated carbocycles. The molecule has 0 aliphatic carbocycles. The summed E-state index contributed by atoms with van der Waals surface area (Å²) in [5, 5.41) is 6.68. The van der Waals surface area contributed by atoms with Crippen molar-refractivity contribution in [2.75, 3.05) is 10.6 Å². The number of fused-ring (bicyclic) bond motifs is 1. The van der Waals surface area contributed by atoms with Crippen molar-refractivity contribution in [3.8, 4) is 23.3 Å². The van der Waals surface area contributed by atoms with E-state index in [0.717, 1.165) is 5.56 Å². The molecule has 0 fully saturated rings. The maximum absolute atomic E-state index is 13.4. The van der Waals surface area contributed by atoms with Crippen molar-refractivity contribution in [1.29, 1.82) is 0 Å². The van der Waals surface area contributed by atoms with E-state index in [2.05, 4.69) is 32.4 Å². The molecule has 1 heterocycles. The van der Waals surface area contributed by atoms with Crippen LogP contribution in [0, 0.1) is 11.8 Å². The molecule has 0 spiro atoms. The zero-order chi connectivity index (χ0) is 30.6. The molecule has 2 N–H and O–H groups in total. The molecule has 0 aliphatic heterocycles. The minimum Gasteiger partial charge on any atom is -0.457 e. The first-order valence-corrected chi connectivity index (χ1v) is 13.8. The first-order valence-electron chi connectivity index (χ1n) is 13.8. The van der Waals surface area contributed by atoms with Gasteiger partial charge in [-0.15, -0.1) is 0 Å². The number of nitrogens with zero attached hydrogens (tertiary/aromatic N) is 2. The highest BCUT2D eigenvalue weighted by atomic mass is 16.5. The zero-order valence-electron chi connectivity index (χ0n) is 23.9. The summed E-state index contributed by atoms with van der Waals surface area (Å²) in [6.45, 7) is 1.70. The Kier molecular flexibility index (Phi) is 9.73. The lowest BCUT2D eigenvalue weighted by Gasteiger charge is -2.14. The molecule has 0 radical (unpaired) electrons. The Morgan fingerprint density at radius 1 is 0.773 bits per heavy atom. The number of carbonyl (C=O) groups excluding carboxylic acids is 2. The number of hydrogen-bond donors (Lipinski definition) is 2. The lowest BCUT2D eigenvalue weighted by atomic mass is 10.1. The minimum atomic E-state index is -0.551. The molecule has 5 rings (SSSR count). The van der Waals surface area contributed by atoms with Crippen LogP contribution in [0.1, 0.15) is 22.8 Å². The van der Waals surface area contributed by atoms with Gasteiger partial charge in [0.2, 0.25) is 0 Å². The van der Waals surface area contributed by atoms with E-state index in [-0.39, 0.29) is 12.2 Å². The summed E-state index contributed by atoms with van der Waals surface area (Å²) in [6, 6.07) is 36.7. The number of hydrogen-bond acceptors (Lipinski definition) is 7. The van der Waals surface area contributed by atoms with Crippen molar-refractivity contribution in [2.45, 2.75) is 13.5 Å². The van der Waals surface area contributed by atoms with Crippen molar-refractivity contribution in [3.05, 3.63) is 139 Å². The van der Waals surface area contributed by atoms with Gasteiger partial charge in [-0.25, -0.2) is 14.8 Å². The lowest BCUT2D eigenvalue weighted by molar-refractivity contribution is -0.111. The molecular formula is C36H28N4O4. The van der Waals surface area contributed by atoms with Gasteiger partial charge in [-0.2, -0.15) is 0 Å². The Balaban J connectivity index is 1.48. The van der Waals surface area contributed by atoms with Crippen LogP contribution in [-0.2, 0) is 16.1 Å². The van der Waals surface area contributed by atoms with E-state index in [1.165, 1.54) is 6.33 Å². The van der Waals surface area contributed by atoms with Gasteiger partial charge in [0, 0.05) is 16.8 Å². The Bertz CT molecular complexity index is 1890. The summed E-state index contributed by atoms with van der Waals surface area (Å²) >= 11 is 0. The van der Waals surface area contributed by atoms with Crippen molar-refractivity contribution in [1.82, 2.24) is 9.97 Å². The second-order valence-electron chi connectivity index (χ2n) is 9.37. The Labute approximate surface area is 255 Å². The van der Waals surface area contributed by atoms with Crippen LogP contribution in [-0.4, -0.2) is 21.8 Å². The second kappa shape index (κ2) is 14.6. The Hall–Kier alpha value is -6.20. The van der Waals surface area contributed by atoms with E-state index >= 15 is 0 Å². The summed E-state index contributed by atoms with van der Waals surface area (Å²) in [4.78, 5) is 34.2. The summed E-state index contributed by atoms with van der Waals surface area (Å²) in [5.74, 6) is 5.40. The quantitative estimate of drug-likeness (QED) is 0.144. The smallest absolute Gasteiger partial charge is 0.342 e. The van der Waals surface area contributed by atoms with Crippen LogP contribution in [0.15, 0.2) is 128 Å². The van der Waals surface area contributed by atoms with Crippen LogP contribution >= 0.6 is 0 Å². The normalized spacial score (nSPS) is 10.0. The summed E-state index contributed by atoms with van der Waals surface area (Å²) < 4.78 is 11.9. The first kappa shape index (κ1) is 29.3. The van der Waals surface area contributed by atoms with Gasteiger partial charge < -0.3 is 20.1 Å². The number of anilines is 3. The molecule has 8 nitrogen and oxygen atoms in total. The fraction of sp³-hybridized carbons (Fsp3) is 0.0556. The minimum absolute atomic E-state index is 0.104. The van der Waals surface area contributed by atoms with E-state index in [0.29, 0.717) is 39.6 Å². The van der Waals surface area contributed by atoms with E-state index in [4.69, 9.17) is 9.47 Å². The standard InChI is InChI=1S/C36H28N4O4/c1-2-13-34(41)39-27-18-20-32-30(22-27)35(38-25-37-32)40-28-19-21-33(44-29-16-11-6-4-3-5-7-12-17-29)31(23-28)36(42)43-24-26-14-9-8-10-15-26/h3-12,14-23,25H,24H2,1H3,(H,39,41)(H,37,38,40). The van der Waals surface area contributed by atoms with Gasteiger partial charge in [0.25, 0.3) is 5.91 Å². The zero-order valence-corrected chi connectivity index (χ0v) is 23.9. The van der Waals surface area contributed by atoms with E-state index in [9.17, 15) is 9.59 Å². The first-order chi connectivity index (χ1) is 21.6. The summed E-state index contributed by atoms with van der Waals surface area (Å²) in [6.07, 6.45) is 1.44. The molecule has 0 bridgehead atoms. The van der Waals surface area contributed by atoms with E-state index in [1.807, 2.05) is 72.8 Å². The molecule has 44 heavy (non-hydrogen) atoms. The van der Waals surface area contributed by atoms with Gasteiger partial charge in [-0.1, -0.05) is 78.7 Å². The molecule has 1 amide bonds. The predicted octanol–water partition coefficient (Wildman–Crippen LogP) is 7.61. The third-order valence-corrected chi connectivity index (χ3v) is 6.22. The van der Waals surface area contributed by atoms with Gasteiger partial charge in [-0.3, -0.25) is 4.79 Å². The number of carbonyl (C=O) groups is 2. The van der Waals surface area contributed by atoms with Gasteiger partial charge in [0.1, 0.15) is 35.8 Å². The van der Waals surface area contributed by atoms with Crippen molar-refractivity contribution in [3.63, 3.8) is 0 Å². The van der Waals surface area contributed by atoms with Crippen molar-refractivity contribution >= 4 is 40.0 Å². The van der Waals surface area contributed by atoms with Gasteiger partial charge >= 0.3 is 5.97 Å². The van der Waals surface area contributed by atoms with E-state index in [1.54, 1.807) is 55.5 Å². The molecule has 0 unspecified atom stereocenters. The molecule has 0 saturated heterocycles. The predicted molar refractivity (Wildman–Crippen MR) is 171 cm³/mol. The highest BCUT2D eigenvalue weighted by molar-refractivity contribution is 6.05. The fourth-order valence-corrected chi connectivity index (χ4v) is 4.18. The number of ether oxygens (including phenoxy) is 2.